The Bertz CT molecular complexity index is 598. The van der Waals surface area contributed by atoms with E-state index in [0.29, 0.717) is 0 Å². The number of amides is 1. The highest BCUT2D eigenvalue weighted by atomic mass is 16.2. The number of anilines is 1. The van der Waals surface area contributed by atoms with E-state index in [4.69, 9.17) is 0 Å². The van der Waals surface area contributed by atoms with Crippen LogP contribution in [0, 0.1) is 0 Å². The summed E-state index contributed by atoms with van der Waals surface area (Å²) in [5, 5.41) is 13.2. The second kappa shape index (κ2) is 5.69. The van der Waals surface area contributed by atoms with Gasteiger partial charge in [0, 0.05) is 11.9 Å². The largest absolute Gasteiger partial charge is 0.324 e. The van der Waals surface area contributed by atoms with Crippen LogP contribution >= 0.6 is 0 Å². The van der Waals surface area contributed by atoms with Crippen molar-refractivity contribution in [1.29, 1.82) is 0 Å². The van der Waals surface area contributed by atoms with Crippen molar-refractivity contribution in [2.75, 3.05) is 11.9 Å². The normalized spacial score (nSPS) is 22.0. The molecule has 0 saturated carbocycles. The van der Waals surface area contributed by atoms with E-state index in [1.165, 1.54) is 0 Å². The predicted molar refractivity (Wildman–Crippen MR) is 82.9 cm³/mol. The molecule has 2 heterocycles. The van der Waals surface area contributed by atoms with Crippen molar-refractivity contribution >= 4 is 11.6 Å². The van der Waals surface area contributed by atoms with Gasteiger partial charge in [-0.1, -0.05) is 12.1 Å². The highest BCUT2D eigenvalue weighted by Crippen LogP contribution is 2.22. The van der Waals surface area contributed by atoms with Crippen molar-refractivity contribution in [2.24, 2.45) is 0 Å². The average Bonchev–Trinajstić information content (AvgIpc) is 3.03. The monoisotopic (exact) mass is 284 g/mol. The Kier molecular flexibility index (Phi) is 3.75. The molecule has 1 unspecified atom stereocenters. The van der Waals surface area contributed by atoms with E-state index < -0.39 is 5.54 Å². The van der Waals surface area contributed by atoms with Gasteiger partial charge in [-0.05, 0) is 56.5 Å². The van der Waals surface area contributed by atoms with Crippen LogP contribution < -0.4 is 10.6 Å². The lowest BCUT2D eigenvalue weighted by atomic mass is 9.90. The van der Waals surface area contributed by atoms with Crippen molar-refractivity contribution in [3.63, 3.8) is 0 Å². The number of carbonyl (C=O) groups is 1. The first-order valence-electron chi connectivity index (χ1n) is 7.34. The van der Waals surface area contributed by atoms with Crippen molar-refractivity contribution in [3.8, 4) is 11.3 Å². The maximum Gasteiger partial charge on any atom is 0.244 e. The molecule has 3 rings (SSSR count). The van der Waals surface area contributed by atoms with Crippen LogP contribution in [0.1, 0.15) is 26.2 Å². The Morgan fingerprint density at radius 1 is 1.24 bits per heavy atom. The standard InChI is InChI=1S/C16H20N4O/c1-16(9-2-3-10-17-16)15(21)19-13-6-4-12(5-7-13)14-8-11-18-20-14/h4-8,11,17H,2-3,9-10H2,1H3,(H,18,20)(H,19,21). The molecule has 0 bridgehead atoms. The minimum Gasteiger partial charge on any atom is -0.324 e. The first kappa shape index (κ1) is 13.8. The minimum absolute atomic E-state index is 0.0384. The Morgan fingerprint density at radius 2 is 2.05 bits per heavy atom. The Labute approximate surface area is 124 Å². The van der Waals surface area contributed by atoms with Crippen LogP contribution in [0.2, 0.25) is 0 Å². The number of hydrogen-bond acceptors (Lipinski definition) is 3. The summed E-state index contributed by atoms with van der Waals surface area (Å²) in [4.78, 5) is 12.4. The first-order chi connectivity index (χ1) is 10.2. The second-order valence-corrected chi connectivity index (χ2v) is 5.72. The highest BCUT2D eigenvalue weighted by Gasteiger charge is 2.34. The molecule has 5 heteroatoms. The molecule has 1 aliphatic heterocycles. The van der Waals surface area contributed by atoms with Crippen LogP contribution in [-0.2, 0) is 4.79 Å². The van der Waals surface area contributed by atoms with Crippen LogP contribution in [0.15, 0.2) is 36.5 Å². The smallest absolute Gasteiger partial charge is 0.244 e. The molecule has 21 heavy (non-hydrogen) atoms. The van der Waals surface area contributed by atoms with Gasteiger partial charge in [-0.25, -0.2) is 0 Å². The van der Waals surface area contributed by atoms with Crippen molar-refractivity contribution in [2.45, 2.75) is 31.7 Å². The van der Waals surface area contributed by atoms with Crippen molar-refractivity contribution in [3.05, 3.63) is 36.5 Å². The fraction of sp³-hybridized carbons (Fsp3) is 0.375. The molecule has 1 saturated heterocycles. The zero-order valence-electron chi connectivity index (χ0n) is 12.1. The maximum absolute atomic E-state index is 12.4. The summed E-state index contributed by atoms with van der Waals surface area (Å²) in [5.41, 5.74) is 2.37. The van der Waals surface area contributed by atoms with Crippen molar-refractivity contribution in [1.82, 2.24) is 15.5 Å². The molecule has 1 aromatic carbocycles. The molecule has 1 atom stereocenters. The number of rotatable bonds is 3. The number of H-pyrrole nitrogens is 1. The zero-order valence-corrected chi connectivity index (χ0v) is 12.1. The van der Waals surface area contributed by atoms with E-state index in [-0.39, 0.29) is 5.91 Å². The summed E-state index contributed by atoms with van der Waals surface area (Å²) in [6, 6.07) is 9.70. The van der Waals surface area contributed by atoms with Crippen LogP contribution in [0.3, 0.4) is 0 Å². The molecule has 1 amide bonds. The quantitative estimate of drug-likeness (QED) is 0.811. The van der Waals surface area contributed by atoms with Gasteiger partial charge >= 0.3 is 0 Å². The van der Waals surface area contributed by atoms with E-state index in [9.17, 15) is 4.79 Å². The molecular weight excluding hydrogens is 264 g/mol. The Hall–Kier alpha value is -2.14. The fourth-order valence-electron chi connectivity index (χ4n) is 2.67. The Balaban J connectivity index is 1.69. The third-order valence-corrected chi connectivity index (χ3v) is 4.07. The third-order valence-electron chi connectivity index (χ3n) is 4.07. The molecular formula is C16H20N4O. The van der Waals surface area contributed by atoms with E-state index in [1.54, 1.807) is 6.20 Å². The molecule has 0 spiro atoms. The van der Waals surface area contributed by atoms with E-state index >= 15 is 0 Å². The summed E-state index contributed by atoms with van der Waals surface area (Å²) in [7, 11) is 0. The average molecular weight is 284 g/mol. The lowest BCUT2D eigenvalue weighted by Gasteiger charge is -2.33. The summed E-state index contributed by atoms with van der Waals surface area (Å²) >= 11 is 0. The van der Waals surface area contributed by atoms with Gasteiger partial charge in [0.15, 0.2) is 0 Å². The number of hydrogen-bond donors (Lipinski definition) is 3. The summed E-state index contributed by atoms with van der Waals surface area (Å²) in [6.07, 6.45) is 4.84. The molecule has 2 aromatic rings. The molecule has 5 nitrogen and oxygen atoms in total. The SMILES string of the molecule is CC1(C(=O)Nc2ccc(-c3ccn[nH]3)cc2)CCCCN1. The van der Waals surface area contributed by atoms with Gasteiger partial charge in [0.05, 0.1) is 11.2 Å². The summed E-state index contributed by atoms with van der Waals surface area (Å²) in [6.45, 7) is 2.88. The molecule has 1 aliphatic rings. The molecule has 1 aromatic heterocycles. The predicted octanol–water partition coefficient (Wildman–Crippen LogP) is 2.55. The van der Waals surface area contributed by atoms with Gasteiger partial charge in [0.25, 0.3) is 0 Å². The maximum atomic E-state index is 12.4. The molecule has 1 fully saturated rings. The number of benzene rings is 1. The lowest BCUT2D eigenvalue weighted by molar-refractivity contribution is -0.122. The van der Waals surface area contributed by atoms with E-state index in [1.807, 2.05) is 37.3 Å². The second-order valence-electron chi connectivity index (χ2n) is 5.72. The molecule has 3 N–H and O–H groups in total. The van der Waals surface area contributed by atoms with Gasteiger partial charge in [-0.3, -0.25) is 9.89 Å². The highest BCUT2D eigenvalue weighted by molar-refractivity contribution is 5.98. The van der Waals surface area contributed by atoms with Crippen LogP contribution in [-0.4, -0.2) is 28.2 Å². The number of aromatic nitrogens is 2. The van der Waals surface area contributed by atoms with Gasteiger partial charge in [-0.2, -0.15) is 5.10 Å². The first-order valence-corrected chi connectivity index (χ1v) is 7.34. The van der Waals surface area contributed by atoms with Gasteiger partial charge in [0.2, 0.25) is 5.91 Å². The minimum atomic E-state index is -0.458. The fourth-order valence-corrected chi connectivity index (χ4v) is 2.67. The van der Waals surface area contributed by atoms with Crippen LogP contribution in [0.5, 0.6) is 0 Å². The number of nitrogens with one attached hydrogen (secondary N) is 3. The Morgan fingerprint density at radius 3 is 2.67 bits per heavy atom. The number of nitrogens with zero attached hydrogens (tertiary/aromatic N) is 1. The number of aromatic amines is 1. The molecule has 110 valence electrons. The van der Waals surface area contributed by atoms with Gasteiger partial charge < -0.3 is 10.6 Å². The third kappa shape index (κ3) is 2.97. The summed E-state index contributed by atoms with van der Waals surface area (Å²) < 4.78 is 0. The molecule has 0 radical (unpaired) electrons. The number of carbonyl (C=O) groups excluding carboxylic acids is 1. The molecule has 0 aliphatic carbocycles. The topological polar surface area (TPSA) is 69.8 Å². The van der Waals surface area contributed by atoms with E-state index in [2.05, 4.69) is 20.8 Å². The van der Waals surface area contributed by atoms with Gasteiger partial charge in [0.1, 0.15) is 0 Å². The number of piperidine rings is 1. The lowest BCUT2D eigenvalue weighted by Crippen LogP contribution is -2.54. The van der Waals surface area contributed by atoms with Gasteiger partial charge in [-0.15, -0.1) is 0 Å². The van der Waals surface area contributed by atoms with E-state index in [0.717, 1.165) is 42.8 Å². The zero-order chi connectivity index (χ0) is 14.7. The van der Waals surface area contributed by atoms with Crippen LogP contribution in [0.25, 0.3) is 11.3 Å². The van der Waals surface area contributed by atoms with Crippen LogP contribution in [0.4, 0.5) is 5.69 Å². The summed E-state index contributed by atoms with van der Waals surface area (Å²) in [5.74, 6) is 0.0384. The van der Waals surface area contributed by atoms with Crippen molar-refractivity contribution < 1.29 is 4.79 Å².